The molecular formula is C18H21N3O5. The van der Waals surface area contributed by atoms with Gasteiger partial charge in [0.05, 0.1) is 14.1 Å². The zero-order valence-corrected chi connectivity index (χ0v) is 14.6. The number of oxime groups is 1. The van der Waals surface area contributed by atoms with E-state index in [0.717, 1.165) is 23.4 Å². The first kappa shape index (κ1) is 20.8. The quantitative estimate of drug-likeness (QED) is 0.290. The number of carboxylic acid groups (broad SMARTS) is 2. The van der Waals surface area contributed by atoms with Crippen LogP contribution in [0.4, 0.5) is 0 Å². The van der Waals surface area contributed by atoms with Gasteiger partial charge in [0.15, 0.2) is 12.6 Å². The van der Waals surface area contributed by atoms with E-state index in [1.807, 2.05) is 42.5 Å². The number of hydrogen-bond donors (Lipinski definition) is 2. The number of aliphatic carboxylic acids is 2. The van der Waals surface area contributed by atoms with Gasteiger partial charge in [-0.3, -0.25) is 4.98 Å². The molecule has 138 valence electrons. The summed E-state index contributed by atoms with van der Waals surface area (Å²) in [5.41, 5.74) is 2.79. The molecular weight excluding hydrogens is 338 g/mol. The number of aromatic nitrogens is 1. The van der Waals surface area contributed by atoms with Crippen molar-refractivity contribution in [2.45, 2.75) is 0 Å². The monoisotopic (exact) mass is 359 g/mol. The highest BCUT2D eigenvalue weighted by Gasteiger charge is 2.07. The second kappa shape index (κ2) is 11.3. The third kappa shape index (κ3) is 8.02. The zero-order chi connectivity index (χ0) is 19.4. The number of carbonyl (C=O) groups is 2. The molecule has 0 saturated carbocycles. The van der Waals surface area contributed by atoms with Crippen LogP contribution in [0.3, 0.4) is 0 Å². The highest BCUT2D eigenvalue weighted by atomic mass is 16.6. The Labute approximate surface area is 151 Å². The number of carbonyl (C=O) groups excluding carboxylic acids is 1. The largest absolute Gasteiger partial charge is 0.539 e. The molecule has 1 heterocycles. The number of quaternary nitrogens is 1. The van der Waals surface area contributed by atoms with E-state index in [2.05, 4.69) is 24.2 Å². The molecule has 0 amide bonds. The molecule has 8 heteroatoms. The number of hydrogen-bond acceptors (Lipinski definition) is 6. The van der Waals surface area contributed by atoms with Crippen molar-refractivity contribution in [2.75, 3.05) is 27.2 Å². The fourth-order valence-corrected chi connectivity index (χ4v) is 1.73. The average Bonchev–Trinajstić information content (AvgIpc) is 2.63. The molecule has 1 aromatic carbocycles. The van der Waals surface area contributed by atoms with E-state index >= 15 is 0 Å². The first-order valence-corrected chi connectivity index (χ1v) is 7.81. The third-order valence-electron chi connectivity index (χ3n) is 3.01. The maximum absolute atomic E-state index is 9.04. The van der Waals surface area contributed by atoms with Gasteiger partial charge in [-0.1, -0.05) is 35.5 Å². The van der Waals surface area contributed by atoms with E-state index in [4.69, 9.17) is 24.6 Å². The van der Waals surface area contributed by atoms with E-state index in [0.29, 0.717) is 6.61 Å². The molecule has 0 aliphatic carbocycles. The van der Waals surface area contributed by atoms with Crippen LogP contribution in [-0.2, 0) is 14.4 Å². The van der Waals surface area contributed by atoms with Crippen molar-refractivity contribution in [1.29, 1.82) is 0 Å². The summed E-state index contributed by atoms with van der Waals surface area (Å²) >= 11 is 0. The smallest absolute Gasteiger partial charge is 0.351 e. The second-order valence-electron chi connectivity index (χ2n) is 5.43. The lowest BCUT2D eigenvalue weighted by atomic mass is 10.0. The van der Waals surface area contributed by atoms with Gasteiger partial charge < -0.3 is 24.7 Å². The number of rotatable bonds is 6. The molecule has 1 aromatic heterocycles. The van der Waals surface area contributed by atoms with Gasteiger partial charge in [-0.2, -0.15) is 0 Å². The first-order chi connectivity index (χ1) is 12.4. The minimum Gasteiger partial charge on any atom is -0.539 e. The molecule has 8 nitrogen and oxygen atoms in total. The Kier molecular flexibility index (Phi) is 9.05. The molecule has 0 fully saturated rings. The summed E-state index contributed by atoms with van der Waals surface area (Å²) in [6.07, 6.45) is 3.55. The Hall–Kier alpha value is -3.26. The zero-order valence-electron chi connectivity index (χ0n) is 14.6. The van der Waals surface area contributed by atoms with E-state index in [9.17, 15) is 0 Å². The maximum Gasteiger partial charge on any atom is 0.351 e. The Bertz CT molecular complexity index is 665. The SMILES string of the molecule is C[NH+](C)CCO/N=C(/c1ccccc1)c1cccnc1.O=C([O-])C(=O)O. The Morgan fingerprint density at radius 3 is 2.27 bits per heavy atom. The van der Waals surface area contributed by atoms with Crippen molar-refractivity contribution in [3.8, 4) is 0 Å². The van der Waals surface area contributed by atoms with Crippen LogP contribution >= 0.6 is 0 Å². The lowest BCUT2D eigenvalue weighted by molar-refractivity contribution is -0.858. The Morgan fingerprint density at radius 1 is 1.15 bits per heavy atom. The van der Waals surface area contributed by atoms with Gasteiger partial charge in [0.25, 0.3) is 0 Å². The normalized spacial score (nSPS) is 10.7. The van der Waals surface area contributed by atoms with E-state index in [1.54, 1.807) is 12.4 Å². The van der Waals surface area contributed by atoms with Crippen LogP contribution in [0.25, 0.3) is 0 Å². The van der Waals surface area contributed by atoms with E-state index in [1.165, 1.54) is 4.90 Å². The fraction of sp³-hybridized carbons (Fsp3) is 0.222. The molecule has 0 unspecified atom stereocenters. The maximum atomic E-state index is 9.04. The molecule has 0 bridgehead atoms. The van der Waals surface area contributed by atoms with Gasteiger partial charge >= 0.3 is 5.97 Å². The van der Waals surface area contributed by atoms with E-state index < -0.39 is 11.9 Å². The molecule has 0 saturated heterocycles. The molecule has 0 atom stereocenters. The van der Waals surface area contributed by atoms with Gasteiger partial charge in [-0.25, -0.2) is 4.79 Å². The van der Waals surface area contributed by atoms with Crippen LogP contribution in [0.15, 0.2) is 60.0 Å². The molecule has 0 aliphatic rings. The van der Waals surface area contributed by atoms with Crippen LogP contribution in [-0.4, -0.2) is 55.0 Å². The number of pyridine rings is 1. The van der Waals surface area contributed by atoms with Gasteiger partial charge in [0.2, 0.25) is 0 Å². The lowest BCUT2D eigenvalue weighted by Gasteiger charge is -2.08. The first-order valence-electron chi connectivity index (χ1n) is 7.81. The molecule has 0 spiro atoms. The number of nitrogens with zero attached hydrogens (tertiary/aromatic N) is 2. The summed E-state index contributed by atoms with van der Waals surface area (Å²) in [6, 6.07) is 13.9. The highest BCUT2D eigenvalue weighted by Crippen LogP contribution is 2.10. The summed E-state index contributed by atoms with van der Waals surface area (Å²) in [4.78, 5) is 29.0. The third-order valence-corrected chi connectivity index (χ3v) is 3.01. The van der Waals surface area contributed by atoms with Gasteiger partial charge in [0, 0.05) is 23.5 Å². The van der Waals surface area contributed by atoms with Crippen molar-refractivity contribution in [3.05, 3.63) is 66.0 Å². The fourth-order valence-electron chi connectivity index (χ4n) is 1.73. The van der Waals surface area contributed by atoms with Crippen LogP contribution in [0.2, 0.25) is 0 Å². The van der Waals surface area contributed by atoms with Crippen LogP contribution in [0.1, 0.15) is 11.1 Å². The summed E-state index contributed by atoms with van der Waals surface area (Å²) in [5, 5.41) is 20.6. The van der Waals surface area contributed by atoms with Crippen LogP contribution in [0, 0.1) is 0 Å². The second-order valence-corrected chi connectivity index (χ2v) is 5.43. The number of likely N-dealkylation sites (N-methyl/N-ethyl adjacent to an activating group) is 1. The van der Waals surface area contributed by atoms with Crippen molar-refractivity contribution < 1.29 is 29.5 Å². The van der Waals surface area contributed by atoms with Crippen molar-refractivity contribution in [1.82, 2.24) is 4.98 Å². The Morgan fingerprint density at radius 2 is 1.77 bits per heavy atom. The number of nitrogens with one attached hydrogen (secondary N) is 1. The van der Waals surface area contributed by atoms with E-state index in [-0.39, 0.29) is 0 Å². The molecule has 0 aliphatic heterocycles. The molecule has 2 rings (SSSR count). The number of benzene rings is 1. The average molecular weight is 359 g/mol. The molecule has 0 radical (unpaired) electrons. The summed E-state index contributed by atoms with van der Waals surface area (Å²) < 4.78 is 0. The van der Waals surface area contributed by atoms with Crippen molar-refractivity contribution in [3.63, 3.8) is 0 Å². The predicted molar refractivity (Wildman–Crippen MR) is 92.6 cm³/mol. The number of carboxylic acids is 2. The van der Waals surface area contributed by atoms with Gasteiger partial charge in [-0.15, -0.1) is 0 Å². The van der Waals surface area contributed by atoms with Crippen molar-refractivity contribution >= 4 is 17.7 Å². The summed E-state index contributed by atoms with van der Waals surface area (Å²) in [7, 11) is 4.18. The summed E-state index contributed by atoms with van der Waals surface area (Å²) in [5.74, 6) is -4.01. The minimum atomic E-state index is -2.07. The van der Waals surface area contributed by atoms with Gasteiger partial charge in [-0.05, 0) is 12.1 Å². The van der Waals surface area contributed by atoms with Crippen LogP contribution < -0.4 is 10.0 Å². The summed E-state index contributed by atoms with van der Waals surface area (Å²) in [6.45, 7) is 1.51. The van der Waals surface area contributed by atoms with Crippen molar-refractivity contribution in [2.24, 2.45) is 5.16 Å². The standard InChI is InChI=1S/C16H19N3O.C2H2O4/c1-19(2)11-12-20-18-16(14-7-4-3-5-8-14)15-9-6-10-17-13-15;3-1(4)2(5)6/h3-10,13H,11-12H2,1-2H3;(H,3,4)(H,5,6)/b18-16-;. The highest BCUT2D eigenvalue weighted by molar-refractivity contribution is 6.26. The topological polar surface area (TPSA) is 116 Å². The van der Waals surface area contributed by atoms with Crippen LogP contribution in [0.5, 0.6) is 0 Å². The molecule has 26 heavy (non-hydrogen) atoms. The molecule has 2 aromatic rings. The predicted octanol–water partition coefficient (Wildman–Crippen LogP) is -1.18. The minimum absolute atomic E-state index is 0.596. The molecule has 2 N–H and O–H groups in total. The van der Waals surface area contributed by atoms with Gasteiger partial charge in [0.1, 0.15) is 12.3 Å². The lowest BCUT2D eigenvalue weighted by Crippen LogP contribution is -3.06. The Balaban J connectivity index is 0.000000487.